The average molecular weight is 256 g/mol. The minimum Gasteiger partial charge on any atom is -0.399 e. The molecule has 0 aliphatic carbocycles. The molecule has 0 unspecified atom stereocenters. The molecule has 0 aliphatic rings. The summed E-state index contributed by atoms with van der Waals surface area (Å²) < 4.78 is 1.28. The molecule has 13 heavy (non-hydrogen) atoms. The molecule has 2 N–H and O–H groups in total. The highest BCUT2D eigenvalue weighted by Gasteiger charge is 2.04. The second kappa shape index (κ2) is 3.31. The van der Waals surface area contributed by atoms with E-state index >= 15 is 0 Å². The Hall–Kier alpha value is -0.540. The molecule has 3 heteroatoms. The zero-order valence-electron chi connectivity index (χ0n) is 7.30. The van der Waals surface area contributed by atoms with Gasteiger partial charge < -0.3 is 5.73 Å². The standard InChI is InChI=1S/C10H10BrNS/c1-6-2-9-7(5-11)3-8(12)4-10(9)13-6/h2-4H,5,12H2,1H3. The molecule has 1 aromatic carbocycles. The van der Waals surface area contributed by atoms with Crippen molar-refractivity contribution in [3.63, 3.8) is 0 Å². The number of aryl methyl sites for hydroxylation is 1. The number of nitrogen functional groups attached to an aromatic ring is 1. The van der Waals surface area contributed by atoms with E-state index in [-0.39, 0.29) is 0 Å². The zero-order chi connectivity index (χ0) is 9.42. The highest BCUT2D eigenvalue weighted by atomic mass is 79.9. The van der Waals surface area contributed by atoms with Gasteiger partial charge in [0.15, 0.2) is 0 Å². The summed E-state index contributed by atoms with van der Waals surface area (Å²) in [5.41, 5.74) is 7.92. The van der Waals surface area contributed by atoms with Crippen LogP contribution in [0.1, 0.15) is 10.4 Å². The molecule has 0 aliphatic heterocycles. The molecule has 1 heterocycles. The van der Waals surface area contributed by atoms with Crippen molar-refractivity contribution in [3.05, 3.63) is 28.6 Å². The lowest BCUT2D eigenvalue weighted by molar-refractivity contribution is 1.50. The Labute approximate surface area is 89.7 Å². The number of rotatable bonds is 1. The first-order valence-corrected chi connectivity index (χ1v) is 5.99. The molecule has 0 atom stereocenters. The number of alkyl halides is 1. The normalized spacial score (nSPS) is 10.9. The van der Waals surface area contributed by atoms with Crippen molar-refractivity contribution in [2.45, 2.75) is 12.3 Å². The molecule has 68 valence electrons. The van der Waals surface area contributed by atoms with E-state index in [1.807, 2.05) is 12.1 Å². The van der Waals surface area contributed by atoms with Gasteiger partial charge in [-0.1, -0.05) is 15.9 Å². The topological polar surface area (TPSA) is 26.0 Å². The van der Waals surface area contributed by atoms with Crippen LogP contribution >= 0.6 is 27.3 Å². The first-order valence-electron chi connectivity index (χ1n) is 4.05. The van der Waals surface area contributed by atoms with Crippen LogP contribution in [0, 0.1) is 6.92 Å². The Bertz CT molecular complexity index is 447. The first-order chi connectivity index (χ1) is 6.20. The molecule has 0 spiro atoms. The summed E-state index contributed by atoms with van der Waals surface area (Å²) >= 11 is 5.27. The highest BCUT2D eigenvalue weighted by Crippen LogP contribution is 2.31. The number of benzene rings is 1. The summed E-state index contributed by atoms with van der Waals surface area (Å²) in [6, 6.07) is 6.29. The maximum absolute atomic E-state index is 5.80. The molecule has 2 aromatic rings. The Morgan fingerprint density at radius 2 is 2.15 bits per heavy atom. The SMILES string of the molecule is Cc1cc2c(CBr)cc(N)cc2s1. The molecule has 0 radical (unpaired) electrons. The van der Waals surface area contributed by atoms with Crippen LogP contribution < -0.4 is 5.73 Å². The van der Waals surface area contributed by atoms with Gasteiger partial charge in [-0.05, 0) is 36.1 Å². The van der Waals surface area contributed by atoms with E-state index in [0.717, 1.165) is 11.0 Å². The molecular formula is C10H10BrNS. The number of hydrogen-bond donors (Lipinski definition) is 1. The van der Waals surface area contributed by atoms with Crippen molar-refractivity contribution in [1.29, 1.82) is 0 Å². The van der Waals surface area contributed by atoms with Gasteiger partial charge in [0.25, 0.3) is 0 Å². The van der Waals surface area contributed by atoms with Gasteiger partial charge in [-0.3, -0.25) is 0 Å². The second-order valence-corrected chi connectivity index (χ2v) is 4.93. The lowest BCUT2D eigenvalue weighted by Gasteiger charge is -2.00. The highest BCUT2D eigenvalue weighted by molar-refractivity contribution is 9.08. The second-order valence-electron chi connectivity index (χ2n) is 3.08. The third-order valence-corrected chi connectivity index (χ3v) is 3.61. The van der Waals surface area contributed by atoms with Gasteiger partial charge in [0.1, 0.15) is 0 Å². The van der Waals surface area contributed by atoms with E-state index in [0.29, 0.717) is 0 Å². The summed E-state index contributed by atoms with van der Waals surface area (Å²) in [4.78, 5) is 1.34. The molecular weight excluding hydrogens is 246 g/mol. The predicted molar refractivity (Wildman–Crippen MR) is 63.6 cm³/mol. The van der Waals surface area contributed by atoms with Gasteiger partial charge in [0, 0.05) is 20.6 Å². The number of thiophene rings is 1. The van der Waals surface area contributed by atoms with Gasteiger partial charge >= 0.3 is 0 Å². The summed E-state index contributed by atoms with van der Waals surface area (Å²) in [6.07, 6.45) is 0. The maximum atomic E-state index is 5.80. The van der Waals surface area contributed by atoms with E-state index in [1.165, 1.54) is 20.5 Å². The lowest BCUT2D eigenvalue weighted by atomic mass is 10.1. The number of halogens is 1. The van der Waals surface area contributed by atoms with Crippen molar-refractivity contribution >= 4 is 43.0 Å². The third-order valence-electron chi connectivity index (χ3n) is 2.01. The molecule has 1 nitrogen and oxygen atoms in total. The minimum atomic E-state index is 0.851. The van der Waals surface area contributed by atoms with E-state index in [1.54, 1.807) is 11.3 Å². The van der Waals surface area contributed by atoms with Gasteiger partial charge in [-0.25, -0.2) is 0 Å². The van der Waals surface area contributed by atoms with Crippen molar-refractivity contribution in [2.24, 2.45) is 0 Å². The van der Waals surface area contributed by atoms with Crippen LogP contribution in [-0.2, 0) is 5.33 Å². The molecule has 1 aromatic heterocycles. The van der Waals surface area contributed by atoms with E-state index < -0.39 is 0 Å². The van der Waals surface area contributed by atoms with Crippen molar-refractivity contribution < 1.29 is 0 Å². The Balaban J connectivity index is 2.80. The van der Waals surface area contributed by atoms with Gasteiger partial charge in [-0.2, -0.15) is 0 Å². The van der Waals surface area contributed by atoms with Crippen LogP contribution in [-0.4, -0.2) is 0 Å². The van der Waals surface area contributed by atoms with Crippen LogP contribution in [0.3, 0.4) is 0 Å². The van der Waals surface area contributed by atoms with E-state index in [2.05, 4.69) is 28.9 Å². The molecule has 0 saturated heterocycles. The molecule has 0 saturated carbocycles. The van der Waals surface area contributed by atoms with Crippen molar-refractivity contribution in [2.75, 3.05) is 5.73 Å². The maximum Gasteiger partial charge on any atom is 0.0369 e. The molecule has 0 bridgehead atoms. The minimum absolute atomic E-state index is 0.851. The lowest BCUT2D eigenvalue weighted by Crippen LogP contribution is -1.86. The van der Waals surface area contributed by atoms with E-state index in [9.17, 15) is 0 Å². The Kier molecular flexibility index (Phi) is 2.30. The molecule has 0 amide bonds. The summed E-state index contributed by atoms with van der Waals surface area (Å²) in [6.45, 7) is 2.12. The Morgan fingerprint density at radius 3 is 2.85 bits per heavy atom. The largest absolute Gasteiger partial charge is 0.399 e. The summed E-state index contributed by atoms with van der Waals surface area (Å²) in [5, 5.41) is 2.19. The number of nitrogens with two attached hydrogens (primary N) is 1. The van der Waals surface area contributed by atoms with Gasteiger partial charge in [-0.15, -0.1) is 11.3 Å². The first kappa shape index (κ1) is 9.03. The third kappa shape index (κ3) is 1.58. The predicted octanol–water partition coefficient (Wildman–Crippen LogP) is 3.69. The number of fused-ring (bicyclic) bond motifs is 1. The summed E-state index contributed by atoms with van der Waals surface area (Å²) in [5.74, 6) is 0. The molecule has 0 fully saturated rings. The fourth-order valence-corrected chi connectivity index (χ4v) is 2.96. The fraction of sp³-hybridized carbons (Fsp3) is 0.200. The quantitative estimate of drug-likeness (QED) is 0.611. The Morgan fingerprint density at radius 1 is 1.38 bits per heavy atom. The van der Waals surface area contributed by atoms with Gasteiger partial charge in [0.05, 0.1) is 0 Å². The van der Waals surface area contributed by atoms with Crippen molar-refractivity contribution in [1.82, 2.24) is 0 Å². The van der Waals surface area contributed by atoms with Crippen LogP contribution in [0.4, 0.5) is 5.69 Å². The monoisotopic (exact) mass is 255 g/mol. The van der Waals surface area contributed by atoms with Gasteiger partial charge in [0.2, 0.25) is 0 Å². The van der Waals surface area contributed by atoms with Crippen LogP contribution in [0.15, 0.2) is 18.2 Å². The number of hydrogen-bond acceptors (Lipinski definition) is 2. The smallest absolute Gasteiger partial charge is 0.0369 e. The van der Waals surface area contributed by atoms with E-state index in [4.69, 9.17) is 5.73 Å². The van der Waals surface area contributed by atoms with Crippen LogP contribution in [0.2, 0.25) is 0 Å². The molecule has 2 rings (SSSR count). The van der Waals surface area contributed by atoms with Crippen LogP contribution in [0.25, 0.3) is 10.1 Å². The summed E-state index contributed by atoms with van der Waals surface area (Å²) in [7, 11) is 0. The number of anilines is 1. The zero-order valence-corrected chi connectivity index (χ0v) is 9.71. The average Bonchev–Trinajstić information content (AvgIpc) is 2.43. The van der Waals surface area contributed by atoms with Crippen molar-refractivity contribution in [3.8, 4) is 0 Å². The van der Waals surface area contributed by atoms with Crippen LogP contribution in [0.5, 0.6) is 0 Å². The fourth-order valence-electron chi connectivity index (χ4n) is 1.47.